The molecule has 128 valence electrons. The molecule has 5 nitrogen and oxygen atoms in total. The molecule has 24 heavy (non-hydrogen) atoms. The topological polar surface area (TPSA) is 41.5 Å². The Kier molecular flexibility index (Phi) is 4.57. The first kappa shape index (κ1) is 16.5. The van der Waals surface area contributed by atoms with Gasteiger partial charge in [-0.15, -0.1) is 13.2 Å². The number of benzene rings is 1. The van der Waals surface area contributed by atoms with Crippen molar-refractivity contribution in [3.8, 4) is 16.9 Å². The van der Waals surface area contributed by atoms with E-state index in [2.05, 4.69) is 31.6 Å². The minimum absolute atomic E-state index is 0.249. The molecule has 0 saturated carbocycles. The lowest BCUT2D eigenvalue weighted by molar-refractivity contribution is -0.274. The van der Waals surface area contributed by atoms with E-state index in [-0.39, 0.29) is 5.75 Å². The number of piperazine rings is 1. The summed E-state index contributed by atoms with van der Waals surface area (Å²) in [5.41, 5.74) is 1.47. The number of hydrogen-bond acceptors (Lipinski definition) is 5. The van der Waals surface area contributed by atoms with Gasteiger partial charge in [0.05, 0.1) is 0 Å². The van der Waals surface area contributed by atoms with Crippen molar-refractivity contribution in [3.63, 3.8) is 0 Å². The van der Waals surface area contributed by atoms with E-state index in [1.54, 1.807) is 24.5 Å². The molecule has 0 aliphatic carbocycles. The second-order valence-corrected chi connectivity index (χ2v) is 5.63. The van der Waals surface area contributed by atoms with Crippen molar-refractivity contribution in [2.75, 3.05) is 38.1 Å². The summed E-state index contributed by atoms with van der Waals surface area (Å²) >= 11 is 0. The minimum Gasteiger partial charge on any atom is -0.406 e. The number of anilines is 1. The minimum atomic E-state index is -4.69. The van der Waals surface area contributed by atoms with Crippen molar-refractivity contribution in [2.45, 2.75) is 6.36 Å². The molecular weight excluding hydrogens is 321 g/mol. The van der Waals surface area contributed by atoms with Crippen molar-refractivity contribution < 1.29 is 17.9 Å². The fourth-order valence-electron chi connectivity index (χ4n) is 2.49. The third-order valence-corrected chi connectivity index (χ3v) is 3.85. The van der Waals surface area contributed by atoms with E-state index >= 15 is 0 Å². The third-order valence-electron chi connectivity index (χ3n) is 3.85. The number of alkyl halides is 3. The number of rotatable bonds is 3. The monoisotopic (exact) mass is 338 g/mol. The summed E-state index contributed by atoms with van der Waals surface area (Å²) in [4.78, 5) is 13.1. The van der Waals surface area contributed by atoms with E-state index in [0.29, 0.717) is 5.95 Å². The summed E-state index contributed by atoms with van der Waals surface area (Å²) in [5.74, 6) is 0.421. The maximum atomic E-state index is 12.2. The van der Waals surface area contributed by atoms with Crippen LogP contribution in [0.15, 0.2) is 36.7 Å². The van der Waals surface area contributed by atoms with E-state index in [4.69, 9.17) is 0 Å². The maximum absolute atomic E-state index is 12.2. The van der Waals surface area contributed by atoms with Crippen LogP contribution in [-0.2, 0) is 0 Å². The highest BCUT2D eigenvalue weighted by Gasteiger charge is 2.30. The van der Waals surface area contributed by atoms with Gasteiger partial charge in [0.2, 0.25) is 5.95 Å². The molecule has 0 unspecified atom stereocenters. The quantitative estimate of drug-likeness (QED) is 0.861. The van der Waals surface area contributed by atoms with Crippen LogP contribution >= 0.6 is 0 Å². The lowest BCUT2D eigenvalue weighted by Gasteiger charge is -2.32. The van der Waals surface area contributed by atoms with Gasteiger partial charge in [0, 0.05) is 44.1 Å². The zero-order valence-corrected chi connectivity index (χ0v) is 13.1. The highest BCUT2D eigenvalue weighted by atomic mass is 19.4. The number of nitrogens with zero attached hydrogens (tertiary/aromatic N) is 4. The fraction of sp³-hybridized carbons (Fsp3) is 0.375. The van der Waals surface area contributed by atoms with Crippen LogP contribution in [0, 0.1) is 0 Å². The van der Waals surface area contributed by atoms with Crippen LogP contribution in [0.4, 0.5) is 19.1 Å². The highest BCUT2D eigenvalue weighted by molar-refractivity contribution is 5.62. The van der Waals surface area contributed by atoms with E-state index in [1.807, 2.05) is 0 Å². The average Bonchev–Trinajstić information content (AvgIpc) is 2.55. The Morgan fingerprint density at radius 1 is 0.917 bits per heavy atom. The molecule has 0 atom stereocenters. The van der Waals surface area contributed by atoms with Crippen LogP contribution in [0.1, 0.15) is 0 Å². The summed E-state index contributed by atoms with van der Waals surface area (Å²) in [5, 5.41) is 0. The van der Waals surface area contributed by atoms with Gasteiger partial charge in [-0.25, -0.2) is 9.97 Å². The molecular formula is C16H17F3N4O. The van der Waals surface area contributed by atoms with Crippen LogP contribution < -0.4 is 9.64 Å². The zero-order chi connectivity index (χ0) is 17.2. The fourth-order valence-corrected chi connectivity index (χ4v) is 2.49. The summed E-state index contributed by atoms with van der Waals surface area (Å²) in [6.07, 6.45) is -1.32. The van der Waals surface area contributed by atoms with Gasteiger partial charge in [0.15, 0.2) is 0 Å². The Bertz CT molecular complexity index is 665. The van der Waals surface area contributed by atoms with Gasteiger partial charge < -0.3 is 14.5 Å². The first-order valence-corrected chi connectivity index (χ1v) is 7.52. The van der Waals surface area contributed by atoms with Crippen molar-refractivity contribution in [1.29, 1.82) is 0 Å². The van der Waals surface area contributed by atoms with Gasteiger partial charge in [-0.1, -0.05) is 12.1 Å². The second kappa shape index (κ2) is 6.64. The SMILES string of the molecule is CN1CCN(c2ncc(-c3ccc(OC(F)(F)F)cc3)cn2)CC1. The van der Waals surface area contributed by atoms with Gasteiger partial charge in [-0.05, 0) is 24.7 Å². The predicted molar refractivity (Wildman–Crippen MR) is 83.9 cm³/mol. The van der Waals surface area contributed by atoms with Gasteiger partial charge in [-0.2, -0.15) is 0 Å². The maximum Gasteiger partial charge on any atom is 0.573 e. The zero-order valence-electron chi connectivity index (χ0n) is 13.1. The van der Waals surface area contributed by atoms with Crippen LogP contribution in [-0.4, -0.2) is 54.5 Å². The number of ether oxygens (including phenoxy) is 1. The molecule has 2 heterocycles. The molecule has 8 heteroatoms. The van der Waals surface area contributed by atoms with E-state index in [9.17, 15) is 13.2 Å². The van der Waals surface area contributed by atoms with Crippen molar-refractivity contribution >= 4 is 5.95 Å². The molecule has 0 spiro atoms. The van der Waals surface area contributed by atoms with Crippen molar-refractivity contribution in [2.24, 2.45) is 0 Å². The predicted octanol–water partition coefficient (Wildman–Crippen LogP) is 2.79. The Morgan fingerprint density at radius 2 is 1.50 bits per heavy atom. The Hall–Kier alpha value is -2.35. The summed E-state index contributed by atoms with van der Waals surface area (Å²) in [6, 6.07) is 5.65. The van der Waals surface area contributed by atoms with E-state index in [0.717, 1.165) is 37.3 Å². The van der Waals surface area contributed by atoms with E-state index in [1.165, 1.54) is 12.1 Å². The van der Waals surface area contributed by atoms with Crippen molar-refractivity contribution in [1.82, 2.24) is 14.9 Å². The summed E-state index contributed by atoms with van der Waals surface area (Å²) in [7, 11) is 2.08. The second-order valence-electron chi connectivity index (χ2n) is 5.63. The Balaban J connectivity index is 1.69. The highest BCUT2D eigenvalue weighted by Crippen LogP contribution is 2.26. The lowest BCUT2D eigenvalue weighted by atomic mass is 10.1. The molecule has 1 aliphatic heterocycles. The smallest absolute Gasteiger partial charge is 0.406 e. The number of hydrogen-bond donors (Lipinski definition) is 0. The molecule has 0 bridgehead atoms. The molecule has 1 aromatic carbocycles. The molecule has 1 fully saturated rings. The molecule has 0 N–H and O–H groups in total. The first-order valence-electron chi connectivity index (χ1n) is 7.52. The molecule has 1 aliphatic rings. The number of likely N-dealkylation sites (N-methyl/N-ethyl adjacent to an activating group) is 1. The van der Waals surface area contributed by atoms with Gasteiger partial charge in [0.25, 0.3) is 0 Å². The van der Waals surface area contributed by atoms with Crippen LogP contribution in [0.5, 0.6) is 5.75 Å². The average molecular weight is 338 g/mol. The normalized spacial score (nSPS) is 16.2. The van der Waals surface area contributed by atoms with Crippen molar-refractivity contribution in [3.05, 3.63) is 36.7 Å². The van der Waals surface area contributed by atoms with Crippen LogP contribution in [0.2, 0.25) is 0 Å². The molecule has 1 aromatic heterocycles. The molecule has 1 saturated heterocycles. The lowest BCUT2D eigenvalue weighted by Crippen LogP contribution is -2.45. The summed E-state index contributed by atoms with van der Waals surface area (Å²) < 4.78 is 40.3. The van der Waals surface area contributed by atoms with E-state index < -0.39 is 6.36 Å². The first-order chi connectivity index (χ1) is 11.4. The molecule has 3 rings (SSSR count). The number of halogens is 3. The number of aromatic nitrogens is 2. The van der Waals surface area contributed by atoms with Gasteiger partial charge in [0.1, 0.15) is 5.75 Å². The largest absolute Gasteiger partial charge is 0.573 e. The summed E-state index contributed by atoms with van der Waals surface area (Å²) in [6.45, 7) is 3.68. The third kappa shape index (κ3) is 4.14. The van der Waals surface area contributed by atoms with Gasteiger partial charge in [-0.3, -0.25) is 0 Å². The molecule has 0 amide bonds. The Morgan fingerprint density at radius 3 is 2.04 bits per heavy atom. The molecule has 0 radical (unpaired) electrons. The molecule has 2 aromatic rings. The van der Waals surface area contributed by atoms with Crippen LogP contribution in [0.25, 0.3) is 11.1 Å². The Labute approximate surface area is 137 Å². The van der Waals surface area contributed by atoms with Gasteiger partial charge >= 0.3 is 6.36 Å². The van der Waals surface area contributed by atoms with Crippen LogP contribution in [0.3, 0.4) is 0 Å². The standard InChI is InChI=1S/C16H17F3N4O/c1-22-6-8-23(9-7-22)15-20-10-13(11-21-15)12-2-4-14(5-3-12)24-16(17,18)19/h2-5,10-11H,6-9H2,1H3.